The Kier molecular flexibility index (Phi) is 16.9. The minimum absolute atomic E-state index is 0.0980. The summed E-state index contributed by atoms with van der Waals surface area (Å²) in [7, 11) is 0. The van der Waals surface area contributed by atoms with E-state index in [1.54, 1.807) is 0 Å². The molecule has 2 aliphatic rings. The lowest BCUT2D eigenvalue weighted by Gasteiger charge is -2.45. The van der Waals surface area contributed by atoms with Crippen LogP contribution in [0.4, 0.5) is 34.1 Å². The van der Waals surface area contributed by atoms with Gasteiger partial charge in [0.15, 0.2) is 0 Å². The Morgan fingerprint density at radius 1 is 0.217 bits per heavy atom. The normalized spacial score (nSPS) is 13.6. The quantitative estimate of drug-likeness (QED) is 0.128. The molecule has 17 aromatic carbocycles. The number of rotatable bonds is 10. The van der Waals surface area contributed by atoms with Gasteiger partial charge in [-0.25, -0.2) is 0 Å². The molecule has 626 valence electrons. The van der Waals surface area contributed by atoms with Gasteiger partial charge in [-0.15, -0.1) is 0 Å². The van der Waals surface area contributed by atoms with Crippen molar-refractivity contribution in [3.63, 3.8) is 0 Å². The number of para-hydroxylation sites is 3. The molecule has 0 radical (unpaired) electrons. The third-order valence-electron chi connectivity index (χ3n) is 27.8. The molecule has 0 saturated heterocycles. The third-order valence-corrected chi connectivity index (χ3v) is 27.8. The van der Waals surface area contributed by atoms with E-state index < -0.39 is 6.71 Å². The van der Waals surface area contributed by atoms with Crippen molar-refractivity contribution in [2.24, 2.45) is 0 Å². The Bertz CT molecular complexity index is 8130. The SMILES string of the molecule is [2H]c1c([2H])c([2H])c2c(c1[2H])c1cc(-n3c4ccccc4c4ccccc43)ccc1n2-c1ccc2c(c1)N(c1c(-c3ccccc3)cc(C(C)(C)C)cc1-c1ccccc1)c1cc(-n3c4ccc(C(C)(C)C)cc4c4cc(C(C)(C)C)ccc43)cc3c1B2c1ccc(-n2c4ccc(C(C)(C)C)cc4c4cc(C(C)(C)C)ccc42)cc1N3c1cc(-c2ccccc2)cc(-c2ccccc2)c1. The summed E-state index contributed by atoms with van der Waals surface area (Å²) in [6, 6.07) is 127. The molecule has 23 rings (SSSR count). The van der Waals surface area contributed by atoms with Crippen LogP contribution in [-0.4, -0.2) is 25.0 Å². The fourth-order valence-electron chi connectivity index (χ4n) is 21.0. The van der Waals surface area contributed by atoms with E-state index >= 15 is 0 Å². The smallest absolute Gasteiger partial charge is 0.252 e. The van der Waals surface area contributed by atoms with Gasteiger partial charge in [-0.3, -0.25) is 0 Å². The molecule has 0 amide bonds. The summed E-state index contributed by atoms with van der Waals surface area (Å²) in [6.07, 6.45) is 0. The van der Waals surface area contributed by atoms with Crippen LogP contribution in [0.25, 0.3) is 154 Å². The minimum atomic E-state index is -0.465. The van der Waals surface area contributed by atoms with Crippen LogP contribution >= 0.6 is 0 Å². The molecule has 0 N–H and O–H groups in total. The van der Waals surface area contributed by atoms with Gasteiger partial charge in [-0.05, 0) is 256 Å². The van der Waals surface area contributed by atoms with Gasteiger partial charge in [0.2, 0.25) is 0 Å². The zero-order chi connectivity index (χ0) is 91.7. The van der Waals surface area contributed by atoms with Crippen molar-refractivity contribution in [3.8, 4) is 67.3 Å². The van der Waals surface area contributed by atoms with E-state index in [0.29, 0.717) is 16.3 Å². The highest BCUT2D eigenvalue weighted by Gasteiger charge is 2.46. The lowest BCUT2D eigenvalue weighted by atomic mass is 9.33. The molecule has 0 aliphatic carbocycles. The zero-order valence-corrected chi connectivity index (χ0v) is 76.1. The second kappa shape index (κ2) is 29.1. The van der Waals surface area contributed by atoms with Crippen molar-refractivity contribution in [2.45, 2.75) is 131 Å². The molecule has 0 unspecified atom stereocenters. The van der Waals surface area contributed by atoms with Gasteiger partial charge in [0, 0.05) is 99.7 Å². The first-order valence-corrected chi connectivity index (χ1v) is 45.6. The summed E-state index contributed by atoms with van der Waals surface area (Å²) in [5.41, 5.74) is 34.3. The van der Waals surface area contributed by atoms with Gasteiger partial charge >= 0.3 is 0 Å². The molecule has 0 bridgehead atoms. The number of anilines is 6. The molecular weight excluding hydrogens is 1560 g/mol. The van der Waals surface area contributed by atoms with Crippen molar-refractivity contribution in [1.82, 2.24) is 18.3 Å². The van der Waals surface area contributed by atoms with Gasteiger partial charge in [-0.2, -0.15) is 0 Å². The molecule has 4 aromatic heterocycles. The van der Waals surface area contributed by atoms with Crippen molar-refractivity contribution < 1.29 is 5.48 Å². The Balaban J connectivity index is 0.907. The summed E-state index contributed by atoms with van der Waals surface area (Å²) in [6.45, 7) is 34.3. The Labute approximate surface area is 762 Å². The maximum atomic E-state index is 10.4. The third kappa shape index (κ3) is 12.9. The minimum Gasteiger partial charge on any atom is -0.311 e. The zero-order valence-electron chi connectivity index (χ0n) is 80.1. The maximum absolute atomic E-state index is 10.4. The molecule has 7 heteroatoms. The number of nitrogens with zero attached hydrogens (tertiary/aromatic N) is 6. The predicted octanol–water partition coefficient (Wildman–Crippen LogP) is 31.3. The van der Waals surface area contributed by atoms with Crippen LogP contribution in [0.2, 0.25) is 0 Å². The monoisotopic (exact) mass is 1670 g/mol. The molecule has 6 nitrogen and oxygen atoms in total. The van der Waals surface area contributed by atoms with Crippen LogP contribution in [0.5, 0.6) is 0 Å². The van der Waals surface area contributed by atoms with E-state index in [4.69, 9.17) is 0 Å². The standard InChI is InChI=1S/C122H105BN6/c1-118(2,3)82-48-57-107-97(65-82)98-66-83(119(4,5)6)49-58-108(98)126(107)88-52-55-102-112(72-88)128(90-63-80(76-34-20-16-21-35-76)62-81(64-90)77-36-22-17-23-37-77)114-74-91(127-109-59-50-84(120(7,8)9)67-99(109)100-68-85(121(10,11)12)51-60-110(100)127)75-115-116(114)123(102)103-56-53-89(73-113(103)129(115)117-95(78-38-24-18-25-39-78)69-86(122(13,14)15)70-96(117)79-40-26-19-27-41-79)125-106-47-33-30-44-94(106)101-71-87(54-61-111(101)125)124-104-45-31-28-42-92(104)93-43-29-32-46-105(93)124/h16-75H,1-15H3/i30D,33D,44D,47D. The van der Waals surface area contributed by atoms with Crippen LogP contribution in [0.15, 0.2) is 364 Å². The average Bonchev–Trinajstić information content (AvgIpc) is 1.40. The van der Waals surface area contributed by atoms with E-state index in [0.717, 1.165) is 167 Å². The Morgan fingerprint density at radius 3 is 0.969 bits per heavy atom. The van der Waals surface area contributed by atoms with E-state index in [1.165, 1.54) is 49.4 Å². The number of fused-ring (bicyclic) bond motifs is 16. The summed E-state index contributed by atoms with van der Waals surface area (Å²) >= 11 is 0. The van der Waals surface area contributed by atoms with Crippen molar-refractivity contribution in [1.29, 1.82) is 0 Å². The molecule has 0 saturated carbocycles. The molecule has 0 fully saturated rings. The van der Waals surface area contributed by atoms with Crippen molar-refractivity contribution in [2.75, 3.05) is 9.80 Å². The van der Waals surface area contributed by atoms with Crippen molar-refractivity contribution >= 4 is 144 Å². The first kappa shape index (κ1) is 74.8. The van der Waals surface area contributed by atoms with Gasteiger partial charge in [0.25, 0.3) is 6.71 Å². The summed E-state index contributed by atoms with van der Waals surface area (Å²) in [5.74, 6) is 0. The van der Waals surface area contributed by atoms with Gasteiger partial charge < -0.3 is 28.1 Å². The molecule has 0 atom stereocenters. The largest absolute Gasteiger partial charge is 0.311 e. The van der Waals surface area contributed by atoms with Crippen molar-refractivity contribution in [3.05, 3.63) is 392 Å². The van der Waals surface area contributed by atoms with Gasteiger partial charge in [0.1, 0.15) is 0 Å². The molecule has 2 aliphatic heterocycles. The summed E-state index contributed by atoms with van der Waals surface area (Å²) in [5, 5.41) is 8.17. The van der Waals surface area contributed by atoms with E-state index in [9.17, 15) is 5.48 Å². The summed E-state index contributed by atoms with van der Waals surface area (Å²) in [4.78, 5) is 5.27. The van der Waals surface area contributed by atoms with Crippen LogP contribution in [0, 0.1) is 0 Å². The maximum Gasteiger partial charge on any atom is 0.252 e. The number of hydrogen-bond donors (Lipinski definition) is 0. The van der Waals surface area contributed by atoms with Crippen LogP contribution in [-0.2, 0) is 27.1 Å². The Morgan fingerprint density at radius 2 is 0.543 bits per heavy atom. The van der Waals surface area contributed by atoms with E-state index in [2.05, 4.69) is 472 Å². The highest BCUT2D eigenvalue weighted by molar-refractivity contribution is 7.00. The molecular formula is C122H105BN6. The van der Waals surface area contributed by atoms with E-state index in [1.807, 2.05) is 0 Å². The Hall–Kier alpha value is -14.4. The fourth-order valence-corrected chi connectivity index (χ4v) is 21.0. The first-order chi connectivity index (χ1) is 63.8. The predicted molar refractivity (Wildman–Crippen MR) is 553 cm³/mol. The number of benzene rings is 17. The first-order valence-electron chi connectivity index (χ1n) is 47.6. The molecule has 6 heterocycles. The van der Waals surface area contributed by atoms with Crippen LogP contribution in [0.1, 0.15) is 137 Å². The lowest BCUT2D eigenvalue weighted by Crippen LogP contribution is -2.61. The number of hydrogen-bond acceptors (Lipinski definition) is 2. The van der Waals surface area contributed by atoms with E-state index in [-0.39, 0.29) is 51.2 Å². The second-order valence-electron chi connectivity index (χ2n) is 41.1. The van der Waals surface area contributed by atoms with Gasteiger partial charge in [0.05, 0.1) is 61.0 Å². The molecule has 0 spiro atoms. The highest BCUT2D eigenvalue weighted by atomic mass is 15.2. The second-order valence-corrected chi connectivity index (χ2v) is 41.1. The highest BCUT2D eigenvalue weighted by Crippen LogP contribution is 2.55. The molecule has 129 heavy (non-hydrogen) atoms. The number of aromatic nitrogens is 4. The van der Waals surface area contributed by atoms with Crippen LogP contribution in [0.3, 0.4) is 0 Å². The topological polar surface area (TPSA) is 26.2 Å². The molecule has 21 aromatic rings. The fraction of sp³-hybridized carbons (Fsp3) is 0.164. The van der Waals surface area contributed by atoms with Crippen LogP contribution < -0.4 is 26.2 Å². The summed E-state index contributed by atoms with van der Waals surface area (Å²) < 4.78 is 49.5. The average molecular weight is 1670 g/mol. The van der Waals surface area contributed by atoms with Gasteiger partial charge in [-0.1, -0.05) is 316 Å². The lowest BCUT2D eigenvalue weighted by molar-refractivity contribution is 0.590.